The fraction of sp³-hybridized carbons (Fsp3) is 0.368. The number of aromatic carboxylic acids is 1. The van der Waals surface area contributed by atoms with Crippen LogP contribution in [0.25, 0.3) is 10.8 Å². The summed E-state index contributed by atoms with van der Waals surface area (Å²) in [4.78, 5) is 14.4. The summed E-state index contributed by atoms with van der Waals surface area (Å²) >= 11 is 0. The van der Waals surface area contributed by atoms with Gasteiger partial charge >= 0.3 is 23.9 Å². The average Bonchev–Trinajstić information content (AvgIpc) is 2.60. The molecule has 4 radical (unpaired) electrons. The van der Waals surface area contributed by atoms with Gasteiger partial charge in [0.15, 0.2) is 0 Å². The van der Waals surface area contributed by atoms with Gasteiger partial charge in [-0.15, -0.1) is 0 Å². The number of carbonyl (C=O) groups is 1. The van der Waals surface area contributed by atoms with Crippen LogP contribution < -0.4 is 5.11 Å². The number of rotatable bonds is 3. The molecule has 148 valence electrons. The van der Waals surface area contributed by atoms with Gasteiger partial charge in [-0.25, -0.2) is 8.42 Å². The number of hydrogen-bond acceptors (Lipinski definition) is 6. The smallest absolute Gasteiger partial charge is 0.748 e. The second kappa shape index (κ2) is 18.2. The van der Waals surface area contributed by atoms with Crippen molar-refractivity contribution in [2.24, 2.45) is 0 Å². The summed E-state index contributed by atoms with van der Waals surface area (Å²) in [6.45, 7) is 11.4. The van der Waals surface area contributed by atoms with Crippen molar-refractivity contribution in [1.82, 2.24) is 4.98 Å². The van der Waals surface area contributed by atoms with Crippen LogP contribution in [0.4, 0.5) is 0 Å². The van der Waals surface area contributed by atoms with Gasteiger partial charge in [-0.3, -0.25) is 4.98 Å². The predicted molar refractivity (Wildman–Crippen MR) is 108 cm³/mol. The first-order valence-corrected chi connectivity index (χ1v) is 9.98. The molecule has 0 saturated carbocycles. The Morgan fingerprint density at radius 3 is 1.85 bits per heavy atom. The first kappa shape index (κ1) is 30.5. The maximum absolute atomic E-state index is 10.6. The van der Waals surface area contributed by atoms with Crippen molar-refractivity contribution >= 4 is 50.8 Å². The minimum atomic E-state index is -3.92. The van der Waals surface area contributed by atoms with Gasteiger partial charge in [0.25, 0.3) is 0 Å². The van der Waals surface area contributed by atoms with Gasteiger partial charge < -0.3 is 14.5 Å². The van der Waals surface area contributed by atoms with E-state index >= 15 is 0 Å². The van der Waals surface area contributed by atoms with E-state index in [1.807, 2.05) is 12.1 Å². The SMILES string of the molecule is CS(=O)(=O)[O-].O=C([O-])c1nccc2ccccc12.[CH2]CCC.[CH2]CCC.[Sn+2]. The van der Waals surface area contributed by atoms with Gasteiger partial charge in [-0.1, -0.05) is 77.6 Å². The van der Waals surface area contributed by atoms with Crippen LogP contribution in [-0.4, -0.2) is 54.1 Å². The number of nitrogens with zero attached hydrogens (tertiary/aromatic N) is 1. The van der Waals surface area contributed by atoms with E-state index in [9.17, 15) is 9.90 Å². The fourth-order valence-electron chi connectivity index (χ4n) is 1.28. The third kappa shape index (κ3) is 19.4. The van der Waals surface area contributed by atoms with Crippen LogP contribution >= 0.6 is 0 Å². The minimum absolute atomic E-state index is 0. The van der Waals surface area contributed by atoms with Crippen molar-refractivity contribution in [2.75, 3.05) is 6.26 Å². The first-order valence-electron chi connectivity index (χ1n) is 8.16. The van der Waals surface area contributed by atoms with Crippen LogP contribution in [0.5, 0.6) is 0 Å². The molecular formula is C19H27NO5SSn. The Bertz CT molecular complexity index is 714. The molecule has 0 N–H and O–H groups in total. The molecule has 0 bridgehead atoms. The number of carbonyl (C=O) groups excluding carboxylic acids is 1. The number of unbranched alkanes of at least 4 members (excludes halogenated alkanes) is 2. The summed E-state index contributed by atoms with van der Waals surface area (Å²) in [5.74, 6) is -1.24. The Morgan fingerprint density at radius 1 is 1.07 bits per heavy atom. The molecule has 0 atom stereocenters. The largest absolute Gasteiger partial charge is 2.00 e. The summed E-state index contributed by atoms with van der Waals surface area (Å²) in [6.07, 6.45) is 6.63. The third-order valence-corrected chi connectivity index (χ3v) is 2.57. The second-order valence-electron chi connectivity index (χ2n) is 5.08. The zero-order valence-corrected chi connectivity index (χ0v) is 19.8. The maximum Gasteiger partial charge on any atom is 2.00 e. The average molecular weight is 500 g/mol. The van der Waals surface area contributed by atoms with Crippen molar-refractivity contribution in [3.63, 3.8) is 0 Å². The van der Waals surface area contributed by atoms with Crippen LogP contribution in [0.1, 0.15) is 50.0 Å². The molecule has 2 rings (SSSR count). The number of carboxylic acid groups (broad SMARTS) is 1. The number of benzene rings is 1. The number of carboxylic acids is 1. The van der Waals surface area contributed by atoms with Crippen LogP contribution in [0.3, 0.4) is 0 Å². The van der Waals surface area contributed by atoms with E-state index < -0.39 is 16.1 Å². The molecule has 0 saturated heterocycles. The minimum Gasteiger partial charge on any atom is -0.748 e. The molecule has 8 heteroatoms. The summed E-state index contributed by atoms with van der Waals surface area (Å²) in [7, 11) is -3.92. The van der Waals surface area contributed by atoms with Gasteiger partial charge in [-0.05, 0) is 11.5 Å². The number of hydrogen-bond donors (Lipinski definition) is 0. The van der Waals surface area contributed by atoms with E-state index in [0.29, 0.717) is 11.6 Å². The second-order valence-corrected chi connectivity index (χ2v) is 6.49. The molecule has 27 heavy (non-hydrogen) atoms. The van der Waals surface area contributed by atoms with Crippen molar-refractivity contribution in [3.05, 3.63) is 56.1 Å². The molecule has 1 aromatic heterocycles. The number of pyridine rings is 1. The van der Waals surface area contributed by atoms with Crippen LogP contribution in [0, 0.1) is 13.8 Å². The zero-order valence-electron chi connectivity index (χ0n) is 16.1. The van der Waals surface area contributed by atoms with Gasteiger partial charge in [-0.2, -0.15) is 0 Å². The number of fused-ring (bicyclic) bond motifs is 1. The first-order chi connectivity index (χ1) is 12.1. The van der Waals surface area contributed by atoms with Crippen LogP contribution in [-0.2, 0) is 10.1 Å². The van der Waals surface area contributed by atoms with Gasteiger partial charge in [0.1, 0.15) is 0 Å². The van der Waals surface area contributed by atoms with Crippen molar-refractivity contribution in [1.29, 1.82) is 0 Å². The predicted octanol–water partition coefficient (Wildman–Crippen LogP) is 2.62. The summed E-state index contributed by atoms with van der Waals surface area (Å²) in [5.41, 5.74) is -0.00176. The molecule has 2 aromatic rings. The van der Waals surface area contributed by atoms with Crippen molar-refractivity contribution < 1.29 is 22.9 Å². The molecule has 0 fully saturated rings. The van der Waals surface area contributed by atoms with E-state index in [-0.39, 0.29) is 29.6 Å². The monoisotopic (exact) mass is 501 g/mol. The molecule has 1 heterocycles. The summed E-state index contributed by atoms with van der Waals surface area (Å²) in [6, 6.07) is 8.94. The topological polar surface area (TPSA) is 110 Å². The molecule has 0 aliphatic heterocycles. The molecule has 0 aliphatic carbocycles. The zero-order chi connectivity index (χ0) is 20.6. The van der Waals surface area contributed by atoms with Gasteiger partial charge in [0.2, 0.25) is 0 Å². The van der Waals surface area contributed by atoms with Crippen molar-refractivity contribution in [2.45, 2.75) is 39.5 Å². The normalized spacial score (nSPS) is 9.26. The molecule has 1 aromatic carbocycles. The van der Waals surface area contributed by atoms with E-state index in [0.717, 1.165) is 18.2 Å². The summed E-state index contributed by atoms with van der Waals surface area (Å²) < 4.78 is 27.2. The molecule has 0 spiro atoms. The van der Waals surface area contributed by atoms with Crippen LogP contribution in [0.2, 0.25) is 0 Å². The molecule has 0 aliphatic rings. The number of aromatic nitrogens is 1. The Morgan fingerprint density at radius 2 is 1.48 bits per heavy atom. The summed E-state index contributed by atoms with van der Waals surface area (Å²) in [5, 5.41) is 12.1. The van der Waals surface area contributed by atoms with Gasteiger partial charge in [0.05, 0.1) is 21.8 Å². The van der Waals surface area contributed by atoms with E-state index in [4.69, 9.17) is 13.0 Å². The van der Waals surface area contributed by atoms with Crippen LogP contribution in [0.15, 0.2) is 36.5 Å². The standard InChI is InChI=1S/C10H7NO2.2C4H9.CH4O3S.Sn/c12-10(13)9-8-4-2-1-3-7(8)5-6-11-9;2*1-3-4-2;1-5(2,3)4;/h1-6H,(H,12,13);2*1,3-4H2,2H3;1H3,(H,2,3,4);/q;;;;+2/p-2. The quantitative estimate of drug-likeness (QED) is 0.474. The van der Waals surface area contributed by atoms with Gasteiger partial charge in [0, 0.05) is 17.8 Å². The van der Waals surface area contributed by atoms with E-state index in [2.05, 4.69) is 32.7 Å². The molecule has 0 amide bonds. The van der Waals surface area contributed by atoms with E-state index in [1.54, 1.807) is 18.2 Å². The maximum atomic E-state index is 10.6. The Kier molecular flexibility index (Phi) is 20.6. The van der Waals surface area contributed by atoms with Crippen molar-refractivity contribution in [3.8, 4) is 0 Å². The fourth-order valence-corrected chi connectivity index (χ4v) is 1.28. The molecular weight excluding hydrogens is 473 g/mol. The Labute approximate surface area is 180 Å². The third-order valence-electron chi connectivity index (χ3n) is 2.57. The Hall–Kier alpha value is -1.19. The van der Waals surface area contributed by atoms with E-state index in [1.165, 1.54) is 19.0 Å². The molecule has 6 nitrogen and oxygen atoms in total. The molecule has 0 unspecified atom stereocenters. The Balaban J connectivity index is -0.000000346.